The van der Waals surface area contributed by atoms with E-state index >= 15 is 0 Å². The topological polar surface area (TPSA) is 54.0 Å². The molecule has 2 N–H and O–H groups in total. The van der Waals surface area contributed by atoms with Crippen LogP contribution in [0.15, 0.2) is 54.7 Å². The Kier molecular flexibility index (Phi) is 4.26. The van der Waals surface area contributed by atoms with Gasteiger partial charge in [0.2, 0.25) is 0 Å². The zero-order valence-electron chi connectivity index (χ0n) is 11.8. The summed E-state index contributed by atoms with van der Waals surface area (Å²) < 4.78 is 0. The molecule has 0 aliphatic carbocycles. The molecular weight excluding hydrogens is 262 g/mol. The molecule has 0 spiro atoms. The van der Waals surface area contributed by atoms with Gasteiger partial charge in [-0.25, -0.2) is 0 Å². The van der Waals surface area contributed by atoms with Crippen LogP contribution in [0.2, 0.25) is 0 Å². The van der Waals surface area contributed by atoms with Crippen molar-refractivity contribution in [2.24, 2.45) is 0 Å². The number of nitrogens with zero attached hydrogens (tertiary/aromatic N) is 1. The monoisotopic (exact) mass is 281 g/mol. The van der Waals surface area contributed by atoms with Crippen LogP contribution >= 0.6 is 0 Å². The molecule has 2 atom stereocenters. The lowest BCUT2D eigenvalue weighted by molar-refractivity contribution is 0.0923. The number of piperidine rings is 1. The van der Waals surface area contributed by atoms with Crippen molar-refractivity contribution in [3.8, 4) is 0 Å². The predicted molar refractivity (Wildman–Crippen MR) is 82.2 cm³/mol. The molecule has 4 heteroatoms. The lowest BCUT2D eigenvalue weighted by Gasteiger charge is -2.30. The summed E-state index contributed by atoms with van der Waals surface area (Å²) in [5, 5.41) is 6.48. The maximum Gasteiger partial charge on any atom is 0.270 e. The second-order valence-corrected chi connectivity index (χ2v) is 5.39. The van der Waals surface area contributed by atoms with Crippen LogP contribution in [0, 0.1) is 0 Å². The molecule has 2 heterocycles. The van der Waals surface area contributed by atoms with E-state index in [0.717, 1.165) is 19.5 Å². The SMILES string of the molecule is O=C(N[C@H]1CNC[C@@H](c2ccccc2)C1)c1ccccn1. The highest BCUT2D eigenvalue weighted by Gasteiger charge is 2.24. The van der Waals surface area contributed by atoms with Crippen molar-refractivity contribution in [2.45, 2.75) is 18.4 Å². The summed E-state index contributed by atoms with van der Waals surface area (Å²) in [6, 6.07) is 16.0. The Bertz CT molecular complexity index is 585. The highest BCUT2D eigenvalue weighted by Crippen LogP contribution is 2.23. The van der Waals surface area contributed by atoms with E-state index in [0.29, 0.717) is 11.6 Å². The molecule has 1 aliphatic rings. The van der Waals surface area contributed by atoms with Gasteiger partial charge in [-0.2, -0.15) is 0 Å². The minimum absolute atomic E-state index is 0.101. The number of benzene rings is 1. The normalized spacial score (nSPS) is 21.7. The summed E-state index contributed by atoms with van der Waals surface area (Å²) in [4.78, 5) is 16.2. The van der Waals surface area contributed by atoms with Crippen LogP contribution in [0.1, 0.15) is 28.4 Å². The van der Waals surface area contributed by atoms with Crippen LogP contribution in [0.25, 0.3) is 0 Å². The van der Waals surface area contributed by atoms with Crippen molar-refractivity contribution in [3.05, 3.63) is 66.0 Å². The van der Waals surface area contributed by atoms with Crippen molar-refractivity contribution in [3.63, 3.8) is 0 Å². The Hall–Kier alpha value is -2.20. The Morgan fingerprint density at radius 2 is 1.90 bits per heavy atom. The van der Waals surface area contributed by atoms with Crippen molar-refractivity contribution in [1.82, 2.24) is 15.6 Å². The Morgan fingerprint density at radius 3 is 2.67 bits per heavy atom. The number of nitrogens with one attached hydrogen (secondary N) is 2. The lowest BCUT2D eigenvalue weighted by atomic mass is 9.89. The number of amides is 1. The van der Waals surface area contributed by atoms with Gasteiger partial charge in [0.25, 0.3) is 5.91 Å². The lowest BCUT2D eigenvalue weighted by Crippen LogP contribution is -2.48. The molecule has 108 valence electrons. The van der Waals surface area contributed by atoms with Crippen LogP contribution < -0.4 is 10.6 Å². The van der Waals surface area contributed by atoms with Crippen molar-refractivity contribution < 1.29 is 4.79 Å². The Morgan fingerprint density at radius 1 is 1.10 bits per heavy atom. The average molecular weight is 281 g/mol. The van der Waals surface area contributed by atoms with Gasteiger partial charge in [-0.3, -0.25) is 9.78 Å². The summed E-state index contributed by atoms with van der Waals surface area (Å²) in [5.41, 5.74) is 1.79. The Balaban J connectivity index is 1.63. The minimum atomic E-state index is -0.101. The molecule has 2 aromatic rings. The minimum Gasteiger partial charge on any atom is -0.347 e. The first-order valence-corrected chi connectivity index (χ1v) is 7.30. The number of rotatable bonds is 3. The van der Waals surface area contributed by atoms with Crippen LogP contribution in [0.3, 0.4) is 0 Å². The quantitative estimate of drug-likeness (QED) is 0.904. The van der Waals surface area contributed by atoms with E-state index in [1.54, 1.807) is 12.3 Å². The zero-order valence-corrected chi connectivity index (χ0v) is 11.8. The number of hydrogen-bond donors (Lipinski definition) is 2. The molecular formula is C17H19N3O. The fourth-order valence-corrected chi connectivity index (χ4v) is 2.79. The molecule has 4 nitrogen and oxygen atoms in total. The number of carbonyl (C=O) groups is 1. The number of pyridine rings is 1. The summed E-state index contributed by atoms with van der Waals surface area (Å²) in [6.07, 6.45) is 2.59. The fraction of sp³-hybridized carbons (Fsp3) is 0.294. The van der Waals surface area contributed by atoms with Crippen LogP contribution in [-0.4, -0.2) is 30.0 Å². The maximum atomic E-state index is 12.2. The number of aromatic nitrogens is 1. The van der Waals surface area contributed by atoms with Crippen molar-refractivity contribution in [2.75, 3.05) is 13.1 Å². The molecule has 1 aromatic heterocycles. The largest absolute Gasteiger partial charge is 0.347 e. The van der Waals surface area contributed by atoms with Crippen molar-refractivity contribution in [1.29, 1.82) is 0 Å². The van der Waals surface area contributed by atoms with Crippen LogP contribution in [0.4, 0.5) is 0 Å². The predicted octanol–water partition coefficient (Wildman–Crippen LogP) is 1.96. The van der Waals surface area contributed by atoms with Gasteiger partial charge in [0, 0.05) is 25.3 Å². The second kappa shape index (κ2) is 6.50. The van der Waals surface area contributed by atoms with Crippen LogP contribution in [-0.2, 0) is 0 Å². The van der Waals surface area contributed by atoms with E-state index in [2.05, 4.69) is 39.9 Å². The first kappa shape index (κ1) is 13.8. The van der Waals surface area contributed by atoms with Gasteiger partial charge < -0.3 is 10.6 Å². The Labute approximate surface area is 124 Å². The summed E-state index contributed by atoms with van der Waals surface area (Å²) >= 11 is 0. The van der Waals surface area contributed by atoms with E-state index in [1.165, 1.54) is 5.56 Å². The second-order valence-electron chi connectivity index (χ2n) is 5.39. The highest BCUT2D eigenvalue weighted by molar-refractivity contribution is 5.92. The molecule has 3 rings (SSSR count). The highest BCUT2D eigenvalue weighted by atomic mass is 16.1. The van der Waals surface area contributed by atoms with E-state index in [9.17, 15) is 4.79 Å². The molecule has 1 aromatic carbocycles. The fourth-order valence-electron chi connectivity index (χ4n) is 2.79. The van der Waals surface area contributed by atoms with Crippen molar-refractivity contribution >= 4 is 5.91 Å². The summed E-state index contributed by atoms with van der Waals surface area (Å²) in [6.45, 7) is 1.77. The van der Waals surface area contributed by atoms with E-state index < -0.39 is 0 Å². The first-order valence-electron chi connectivity index (χ1n) is 7.30. The molecule has 0 unspecified atom stereocenters. The third-order valence-electron chi connectivity index (χ3n) is 3.85. The summed E-state index contributed by atoms with van der Waals surface area (Å²) in [7, 11) is 0. The summed E-state index contributed by atoms with van der Waals surface area (Å²) in [5.74, 6) is 0.338. The van der Waals surface area contributed by atoms with Gasteiger partial charge in [0.15, 0.2) is 0 Å². The number of carbonyl (C=O) groups excluding carboxylic acids is 1. The molecule has 21 heavy (non-hydrogen) atoms. The third-order valence-corrected chi connectivity index (χ3v) is 3.85. The van der Waals surface area contributed by atoms with E-state index in [1.807, 2.05) is 18.2 Å². The van der Waals surface area contributed by atoms with Gasteiger partial charge >= 0.3 is 0 Å². The zero-order chi connectivity index (χ0) is 14.5. The standard InChI is InChI=1S/C17H19N3O/c21-17(16-8-4-5-9-19-16)20-15-10-14(11-18-12-15)13-6-2-1-3-7-13/h1-9,14-15,18H,10-12H2,(H,20,21)/t14-,15+/m0/s1. The third kappa shape index (κ3) is 3.47. The first-order chi connectivity index (χ1) is 10.3. The maximum absolute atomic E-state index is 12.2. The number of hydrogen-bond acceptors (Lipinski definition) is 3. The van der Waals surface area contributed by atoms with Gasteiger partial charge in [0.1, 0.15) is 5.69 Å². The smallest absolute Gasteiger partial charge is 0.270 e. The van der Waals surface area contributed by atoms with E-state index in [4.69, 9.17) is 0 Å². The van der Waals surface area contributed by atoms with Gasteiger partial charge in [-0.15, -0.1) is 0 Å². The molecule has 1 fully saturated rings. The molecule has 1 aliphatic heterocycles. The molecule has 1 amide bonds. The van der Waals surface area contributed by atoms with Crippen LogP contribution in [0.5, 0.6) is 0 Å². The molecule has 0 saturated carbocycles. The van der Waals surface area contributed by atoms with Gasteiger partial charge in [-0.1, -0.05) is 36.4 Å². The van der Waals surface area contributed by atoms with Gasteiger partial charge in [-0.05, 0) is 30.0 Å². The molecule has 1 saturated heterocycles. The molecule has 0 radical (unpaired) electrons. The van der Waals surface area contributed by atoms with Gasteiger partial charge in [0.05, 0.1) is 0 Å². The average Bonchev–Trinajstić information content (AvgIpc) is 2.57. The molecule has 0 bridgehead atoms. The van der Waals surface area contributed by atoms with E-state index in [-0.39, 0.29) is 11.9 Å².